The standard InChI is InChI=1S/C19H17BClN3O3S/c21-12-1-3-14(4-2-12)28(25,26)24-13-7-11(8-13)16-9-20-27-17-10-23-19-15(18(16)17)5-6-22-19/h1-6,9-11,13,20,24H,7-8H2,(H,22,23)/t11-,13+. The third-order valence-corrected chi connectivity index (χ3v) is 7.19. The van der Waals surface area contributed by atoms with E-state index < -0.39 is 10.0 Å². The Morgan fingerprint density at radius 3 is 2.79 bits per heavy atom. The van der Waals surface area contributed by atoms with Crippen molar-refractivity contribution in [1.29, 1.82) is 0 Å². The summed E-state index contributed by atoms with van der Waals surface area (Å²) < 4.78 is 33.7. The highest BCUT2D eigenvalue weighted by atomic mass is 35.5. The number of allylic oxidation sites excluding steroid dienone is 1. The van der Waals surface area contributed by atoms with Gasteiger partial charge in [-0.3, -0.25) is 0 Å². The number of H-pyrrole nitrogens is 1. The summed E-state index contributed by atoms with van der Waals surface area (Å²) in [4.78, 5) is 7.75. The number of hydrogen-bond acceptors (Lipinski definition) is 4. The first-order valence-corrected chi connectivity index (χ1v) is 10.9. The molecule has 5 rings (SSSR count). The van der Waals surface area contributed by atoms with Crippen molar-refractivity contribution in [2.24, 2.45) is 5.92 Å². The van der Waals surface area contributed by atoms with Gasteiger partial charge in [0.15, 0.2) is 0 Å². The second-order valence-corrected chi connectivity index (χ2v) is 9.30. The number of rotatable bonds is 4. The van der Waals surface area contributed by atoms with Gasteiger partial charge in [0.1, 0.15) is 11.4 Å². The molecule has 0 saturated heterocycles. The Bertz CT molecular complexity index is 1180. The van der Waals surface area contributed by atoms with Gasteiger partial charge in [-0.25, -0.2) is 18.1 Å². The van der Waals surface area contributed by atoms with E-state index in [2.05, 4.69) is 20.7 Å². The molecule has 0 radical (unpaired) electrons. The van der Waals surface area contributed by atoms with Crippen LogP contribution < -0.4 is 9.38 Å². The summed E-state index contributed by atoms with van der Waals surface area (Å²) in [7, 11) is -3.03. The molecule has 28 heavy (non-hydrogen) atoms. The first kappa shape index (κ1) is 17.8. The van der Waals surface area contributed by atoms with Crippen LogP contribution in [0.4, 0.5) is 0 Å². The lowest BCUT2D eigenvalue weighted by Gasteiger charge is -2.38. The normalized spacial score (nSPS) is 21.2. The molecule has 0 amide bonds. The molecule has 0 spiro atoms. The van der Waals surface area contributed by atoms with E-state index in [1.807, 2.05) is 12.3 Å². The maximum Gasteiger partial charge on any atom is 0.367 e. The molecular formula is C19H17BClN3O3S. The lowest BCUT2D eigenvalue weighted by Crippen LogP contribution is -2.44. The van der Waals surface area contributed by atoms with Crippen molar-refractivity contribution in [2.75, 3.05) is 0 Å². The van der Waals surface area contributed by atoms with Crippen LogP contribution in [0.25, 0.3) is 16.6 Å². The van der Waals surface area contributed by atoms with E-state index in [0.29, 0.717) is 18.4 Å². The Balaban J connectivity index is 1.33. The van der Waals surface area contributed by atoms with Gasteiger partial charge in [0.2, 0.25) is 10.0 Å². The second kappa shape index (κ2) is 6.65. The largest absolute Gasteiger partial charge is 0.558 e. The minimum Gasteiger partial charge on any atom is -0.558 e. The second-order valence-electron chi connectivity index (χ2n) is 7.15. The molecule has 1 saturated carbocycles. The molecule has 3 aromatic rings. The molecule has 3 heterocycles. The summed E-state index contributed by atoms with van der Waals surface area (Å²) in [5.74, 6) is 3.18. The number of sulfonamides is 1. The molecule has 6 nitrogen and oxygen atoms in total. The van der Waals surface area contributed by atoms with E-state index in [0.717, 1.165) is 35.2 Å². The van der Waals surface area contributed by atoms with Crippen molar-refractivity contribution < 1.29 is 13.1 Å². The first-order chi connectivity index (χ1) is 13.5. The van der Waals surface area contributed by atoms with Crippen molar-refractivity contribution >= 4 is 45.7 Å². The maximum absolute atomic E-state index is 12.6. The average Bonchev–Trinajstić information content (AvgIpc) is 3.13. The summed E-state index contributed by atoms with van der Waals surface area (Å²) in [6.07, 6.45) is 5.13. The van der Waals surface area contributed by atoms with E-state index in [1.165, 1.54) is 17.7 Å². The Kier molecular flexibility index (Phi) is 4.23. The summed E-state index contributed by atoms with van der Waals surface area (Å²) in [5, 5.41) is 1.55. The Morgan fingerprint density at radius 1 is 1.21 bits per heavy atom. The summed E-state index contributed by atoms with van der Waals surface area (Å²) in [5.41, 5.74) is 3.12. The highest BCUT2D eigenvalue weighted by molar-refractivity contribution is 7.89. The molecule has 2 N–H and O–H groups in total. The number of hydrogen-bond donors (Lipinski definition) is 2. The van der Waals surface area contributed by atoms with E-state index in [1.54, 1.807) is 18.3 Å². The molecular weight excluding hydrogens is 397 g/mol. The molecule has 1 aliphatic heterocycles. The molecule has 1 fully saturated rings. The van der Waals surface area contributed by atoms with Gasteiger partial charge in [0.05, 0.1) is 11.1 Å². The lowest BCUT2D eigenvalue weighted by molar-refractivity contribution is 0.310. The molecule has 2 aromatic heterocycles. The van der Waals surface area contributed by atoms with Crippen LogP contribution in [0.1, 0.15) is 18.4 Å². The first-order valence-electron chi connectivity index (χ1n) is 9.08. The van der Waals surface area contributed by atoms with Crippen LogP contribution in [0.5, 0.6) is 5.75 Å². The Hall–Kier alpha value is -2.29. The SMILES string of the molecule is O=S(=O)(N[C@H]1C[C@@H](C2=CBOc3cnc4[nH]ccc4c32)C1)c1ccc(Cl)cc1. The van der Waals surface area contributed by atoms with Gasteiger partial charge in [0, 0.05) is 28.2 Å². The highest BCUT2D eigenvalue weighted by Gasteiger charge is 2.37. The van der Waals surface area contributed by atoms with Gasteiger partial charge in [-0.05, 0) is 54.7 Å². The van der Waals surface area contributed by atoms with Crippen LogP contribution in [0.15, 0.2) is 53.6 Å². The molecule has 1 aromatic carbocycles. The van der Waals surface area contributed by atoms with E-state index in [4.69, 9.17) is 16.3 Å². The fourth-order valence-electron chi connectivity index (χ4n) is 3.96. The van der Waals surface area contributed by atoms with Crippen molar-refractivity contribution in [1.82, 2.24) is 14.7 Å². The number of halogens is 1. The van der Waals surface area contributed by atoms with Crippen LogP contribution in [-0.4, -0.2) is 31.9 Å². The molecule has 142 valence electrons. The highest BCUT2D eigenvalue weighted by Crippen LogP contribution is 2.45. The molecule has 2 aliphatic rings. The Labute approximate surface area is 168 Å². The minimum absolute atomic E-state index is 0.0820. The van der Waals surface area contributed by atoms with Gasteiger partial charge in [-0.1, -0.05) is 17.6 Å². The predicted octanol–water partition coefficient (Wildman–Crippen LogP) is 3.06. The number of pyridine rings is 1. The zero-order valence-corrected chi connectivity index (χ0v) is 16.4. The quantitative estimate of drug-likeness (QED) is 0.644. The van der Waals surface area contributed by atoms with Crippen molar-refractivity contribution in [3.05, 3.63) is 59.3 Å². The van der Waals surface area contributed by atoms with Gasteiger partial charge < -0.3 is 9.64 Å². The lowest BCUT2D eigenvalue weighted by atomic mass is 9.70. The van der Waals surface area contributed by atoms with Gasteiger partial charge >= 0.3 is 7.48 Å². The number of fused-ring (bicyclic) bond motifs is 3. The average molecular weight is 414 g/mol. The van der Waals surface area contributed by atoms with Gasteiger partial charge in [-0.2, -0.15) is 0 Å². The number of nitrogens with zero attached hydrogens (tertiary/aromatic N) is 1. The van der Waals surface area contributed by atoms with Gasteiger partial charge in [-0.15, -0.1) is 0 Å². The molecule has 0 bridgehead atoms. The van der Waals surface area contributed by atoms with Crippen LogP contribution in [0, 0.1) is 5.92 Å². The van der Waals surface area contributed by atoms with Gasteiger partial charge in [0.25, 0.3) is 0 Å². The number of benzene rings is 1. The van der Waals surface area contributed by atoms with E-state index in [9.17, 15) is 8.42 Å². The number of nitrogens with one attached hydrogen (secondary N) is 2. The molecule has 1 aliphatic carbocycles. The van der Waals surface area contributed by atoms with E-state index >= 15 is 0 Å². The fraction of sp³-hybridized carbons (Fsp3) is 0.211. The smallest absolute Gasteiger partial charge is 0.367 e. The van der Waals surface area contributed by atoms with Crippen LogP contribution in [0.3, 0.4) is 0 Å². The van der Waals surface area contributed by atoms with E-state index in [-0.39, 0.29) is 10.9 Å². The fourth-order valence-corrected chi connectivity index (χ4v) is 5.35. The molecule has 0 atom stereocenters. The predicted molar refractivity (Wildman–Crippen MR) is 110 cm³/mol. The van der Waals surface area contributed by atoms with Crippen LogP contribution >= 0.6 is 11.6 Å². The zero-order chi connectivity index (χ0) is 19.3. The summed E-state index contributed by atoms with van der Waals surface area (Å²) in [6, 6.07) is 8.13. The Morgan fingerprint density at radius 2 is 2.00 bits per heavy atom. The van der Waals surface area contributed by atoms with Crippen molar-refractivity contribution in [2.45, 2.75) is 23.8 Å². The number of aromatic nitrogens is 2. The van der Waals surface area contributed by atoms with Crippen molar-refractivity contribution in [3.63, 3.8) is 0 Å². The number of aromatic amines is 1. The maximum atomic E-state index is 12.6. The monoisotopic (exact) mass is 413 g/mol. The third-order valence-electron chi connectivity index (χ3n) is 5.41. The molecule has 0 unspecified atom stereocenters. The minimum atomic E-state index is -3.55. The third kappa shape index (κ3) is 3.01. The van der Waals surface area contributed by atoms with Crippen molar-refractivity contribution in [3.8, 4) is 5.75 Å². The van der Waals surface area contributed by atoms with Crippen LogP contribution in [-0.2, 0) is 10.0 Å². The zero-order valence-electron chi connectivity index (χ0n) is 14.9. The summed E-state index contributed by atoms with van der Waals surface area (Å²) >= 11 is 5.85. The summed E-state index contributed by atoms with van der Waals surface area (Å²) in [6.45, 7) is 0. The topological polar surface area (TPSA) is 84.1 Å². The molecule has 9 heteroatoms. The van der Waals surface area contributed by atoms with Crippen LogP contribution in [0.2, 0.25) is 5.02 Å².